The molecule has 0 aliphatic heterocycles. The number of hydrogen-bond acceptors (Lipinski definition) is 5. The zero-order valence-electron chi connectivity index (χ0n) is 17.4. The van der Waals surface area contributed by atoms with E-state index in [0.29, 0.717) is 16.5 Å². The third-order valence-corrected chi connectivity index (χ3v) is 5.01. The number of carbonyl (C=O) groups is 2. The van der Waals surface area contributed by atoms with E-state index in [1.165, 1.54) is 0 Å². The number of amides is 1. The summed E-state index contributed by atoms with van der Waals surface area (Å²) in [6.07, 6.45) is 0. The summed E-state index contributed by atoms with van der Waals surface area (Å²) in [6.45, 7) is 1.39. The molecule has 4 rings (SSSR count). The molecule has 1 N–H and O–H groups in total. The second kappa shape index (κ2) is 9.26. The summed E-state index contributed by atoms with van der Waals surface area (Å²) < 4.78 is 6.40. The van der Waals surface area contributed by atoms with Crippen LogP contribution in [-0.2, 0) is 9.53 Å². The van der Waals surface area contributed by atoms with E-state index in [1.54, 1.807) is 48.5 Å². The summed E-state index contributed by atoms with van der Waals surface area (Å²) in [4.78, 5) is 38.0. The monoisotopic (exact) mass is 427 g/mol. The summed E-state index contributed by atoms with van der Waals surface area (Å²) in [5, 5.41) is 7.75. The van der Waals surface area contributed by atoms with Crippen LogP contribution in [0.3, 0.4) is 0 Å². The van der Waals surface area contributed by atoms with Crippen LogP contribution in [0.1, 0.15) is 29.0 Å². The molecule has 1 amide bonds. The van der Waals surface area contributed by atoms with Crippen molar-refractivity contribution in [1.82, 2.24) is 15.1 Å². The van der Waals surface area contributed by atoms with E-state index in [1.807, 2.05) is 43.3 Å². The highest BCUT2D eigenvalue weighted by Gasteiger charge is 2.20. The van der Waals surface area contributed by atoms with Gasteiger partial charge < -0.3 is 10.1 Å². The van der Waals surface area contributed by atoms with Gasteiger partial charge in [-0.05, 0) is 30.7 Å². The minimum absolute atomic E-state index is 0.0343. The van der Waals surface area contributed by atoms with Gasteiger partial charge in [-0.2, -0.15) is 9.78 Å². The van der Waals surface area contributed by atoms with Gasteiger partial charge in [-0.1, -0.05) is 66.7 Å². The van der Waals surface area contributed by atoms with Crippen molar-refractivity contribution in [2.75, 3.05) is 6.61 Å². The molecule has 7 heteroatoms. The maximum Gasteiger partial charge on any atom is 0.359 e. The SMILES string of the molecule is CC(NC(=O)COC(=O)c1nn(-c2ccccc2)c(=O)c2ccccc12)c1ccccc1. The Hall–Kier alpha value is -4.26. The second-order valence-corrected chi connectivity index (χ2v) is 7.22. The van der Waals surface area contributed by atoms with Crippen molar-refractivity contribution in [2.24, 2.45) is 0 Å². The van der Waals surface area contributed by atoms with E-state index >= 15 is 0 Å². The lowest BCUT2D eigenvalue weighted by Crippen LogP contribution is -2.32. The number of rotatable bonds is 6. The van der Waals surface area contributed by atoms with Gasteiger partial charge in [0.15, 0.2) is 12.3 Å². The fourth-order valence-electron chi connectivity index (χ4n) is 3.39. The molecule has 0 spiro atoms. The lowest BCUT2D eigenvalue weighted by molar-refractivity contribution is -0.124. The minimum atomic E-state index is -0.784. The number of fused-ring (bicyclic) bond motifs is 1. The number of aromatic nitrogens is 2. The Kier molecular flexibility index (Phi) is 6.07. The lowest BCUT2D eigenvalue weighted by Gasteiger charge is -2.14. The smallest absolute Gasteiger partial charge is 0.359 e. The third kappa shape index (κ3) is 4.41. The van der Waals surface area contributed by atoms with E-state index in [-0.39, 0.29) is 17.3 Å². The number of nitrogens with one attached hydrogen (secondary N) is 1. The van der Waals surface area contributed by atoms with E-state index in [9.17, 15) is 14.4 Å². The van der Waals surface area contributed by atoms with Crippen molar-refractivity contribution in [1.29, 1.82) is 0 Å². The van der Waals surface area contributed by atoms with Crippen molar-refractivity contribution in [2.45, 2.75) is 13.0 Å². The Bertz CT molecular complexity index is 1320. The van der Waals surface area contributed by atoms with Gasteiger partial charge in [-0.25, -0.2) is 4.79 Å². The normalized spacial score (nSPS) is 11.7. The Morgan fingerprint density at radius 1 is 0.906 bits per heavy atom. The predicted octanol–water partition coefficient (Wildman–Crippen LogP) is 3.42. The number of carbonyl (C=O) groups excluding carboxylic acids is 2. The zero-order valence-corrected chi connectivity index (χ0v) is 17.4. The van der Waals surface area contributed by atoms with Crippen LogP contribution in [0.2, 0.25) is 0 Å². The quantitative estimate of drug-likeness (QED) is 0.476. The van der Waals surface area contributed by atoms with Gasteiger partial charge in [0.25, 0.3) is 11.5 Å². The molecule has 0 aliphatic carbocycles. The highest BCUT2D eigenvalue weighted by molar-refractivity contribution is 6.02. The molecule has 3 aromatic carbocycles. The van der Waals surface area contributed by atoms with E-state index in [4.69, 9.17) is 4.74 Å². The standard InChI is InChI=1S/C25H21N3O4/c1-17(18-10-4-2-5-11-18)26-22(29)16-32-25(31)23-20-14-8-9-15-21(20)24(30)28(27-23)19-12-6-3-7-13-19/h2-15,17H,16H2,1H3,(H,26,29). The van der Waals surface area contributed by atoms with Crippen LogP contribution in [0, 0.1) is 0 Å². The summed E-state index contributed by atoms with van der Waals surface area (Å²) >= 11 is 0. The van der Waals surface area contributed by atoms with Gasteiger partial charge in [-0.15, -0.1) is 0 Å². The predicted molar refractivity (Wildman–Crippen MR) is 121 cm³/mol. The number of ether oxygens (including phenoxy) is 1. The van der Waals surface area contributed by atoms with Crippen molar-refractivity contribution in [3.8, 4) is 5.69 Å². The van der Waals surface area contributed by atoms with E-state index in [0.717, 1.165) is 10.2 Å². The fourth-order valence-corrected chi connectivity index (χ4v) is 3.39. The lowest BCUT2D eigenvalue weighted by atomic mass is 10.1. The van der Waals surface area contributed by atoms with Crippen molar-refractivity contribution in [3.63, 3.8) is 0 Å². The molecule has 0 saturated carbocycles. The van der Waals surface area contributed by atoms with Crippen LogP contribution in [0.25, 0.3) is 16.5 Å². The first-order valence-electron chi connectivity index (χ1n) is 10.1. The molecular formula is C25H21N3O4. The summed E-state index contributed by atoms with van der Waals surface area (Å²) in [7, 11) is 0. The van der Waals surface area contributed by atoms with Crippen LogP contribution < -0.4 is 10.9 Å². The van der Waals surface area contributed by atoms with E-state index in [2.05, 4.69) is 10.4 Å². The summed E-state index contributed by atoms with van der Waals surface area (Å²) in [5.41, 5.74) is 1.08. The first-order valence-corrected chi connectivity index (χ1v) is 10.1. The van der Waals surface area contributed by atoms with Gasteiger partial charge >= 0.3 is 5.97 Å². The molecule has 32 heavy (non-hydrogen) atoms. The average molecular weight is 427 g/mol. The molecular weight excluding hydrogens is 406 g/mol. The molecule has 7 nitrogen and oxygen atoms in total. The highest BCUT2D eigenvalue weighted by atomic mass is 16.5. The molecule has 0 radical (unpaired) electrons. The first-order chi connectivity index (χ1) is 15.5. The Balaban J connectivity index is 1.56. The number of para-hydroxylation sites is 1. The zero-order chi connectivity index (χ0) is 22.5. The minimum Gasteiger partial charge on any atom is -0.451 e. The molecule has 1 aromatic heterocycles. The maximum atomic E-state index is 12.9. The topological polar surface area (TPSA) is 90.3 Å². The fraction of sp³-hybridized carbons (Fsp3) is 0.120. The number of esters is 1. The van der Waals surface area contributed by atoms with Crippen molar-refractivity contribution in [3.05, 3.63) is 107 Å². The van der Waals surface area contributed by atoms with Crippen LogP contribution in [0.15, 0.2) is 89.7 Å². The first kappa shape index (κ1) is 21.0. The van der Waals surface area contributed by atoms with Gasteiger partial charge in [-0.3, -0.25) is 9.59 Å². The number of benzene rings is 3. The molecule has 0 bridgehead atoms. The average Bonchev–Trinajstić information content (AvgIpc) is 2.84. The molecule has 0 fully saturated rings. The Labute approximate surface area is 184 Å². The molecule has 1 heterocycles. The number of hydrogen-bond donors (Lipinski definition) is 1. The molecule has 0 saturated heterocycles. The van der Waals surface area contributed by atoms with Crippen LogP contribution in [-0.4, -0.2) is 28.3 Å². The third-order valence-electron chi connectivity index (χ3n) is 5.01. The van der Waals surface area contributed by atoms with Gasteiger partial charge in [0.05, 0.1) is 17.1 Å². The summed E-state index contributed by atoms with van der Waals surface area (Å²) in [5.74, 6) is -1.22. The highest BCUT2D eigenvalue weighted by Crippen LogP contribution is 2.16. The van der Waals surface area contributed by atoms with E-state index < -0.39 is 18.5 Å². The Morgan fingerprint density at radius 3 is 2.19 bits per heavy atom. The molecule has 1 atom stereocenters. The molecule has 160 valence electrons. The van der Waals surface area contributed by atoms with Crippen LogP contribution in [0.4, 0.5) is 0 Å². The molecule has 4 aromatic rings. The van der Waals surface area contributed by atoms with Crippen LogP contribution in [0.5, 0.6) is 0 Å². The van der Waals surface area contributed by atoms with Crippen molar-refractivity contribution < 1.29 is 14.3 Å². The Morgan fingerprint density at radius 2 is 1.50 bits per heavy atom. The number of nitrogens with zero attached hydrogens (tertiary/aromatic N) is 2. The van der Waals surface area contributed by atoms with Crippen molar-refractivity contribution >= 4 is 22.6 Å². The maximum absolute atomic E-state index is 12.9. The molecule has 0 aliphatic rings. The summed E-state index contributed by atoms with van der Waals surface area (Å²) in [6, 6.07) is 24.7. The second-order valence-electron chi connectivity index (χ2n) is 7.22. The molecule has 1 unspecified atom stereocenters. The van der Waals surface area contributed by atoms with Gasteiger partial charge in [0.2, 0.25) is 0 Å². The van der Waals surface area contributed by atoms with Crippen LogP contribution >= 0.6 is 0 Å². The van der Waals surface area contributed by atoms with Gasteiger partial charge in [0.1, 0.15) is 0 Å². The van der Waals surface area contributed by atoms with Gasteiger partial charge in [0, 0.05) is 5.39 Å². The largest absolute Gasteiger partial charge is 0.451 e.